The van der Waals surface area contributed by atoms with Gasteiger partial charge in [-0.1, -0.05) is 12.1 Å². The number of nitrogens with zero attached hydrogens (tertiary/aromatic N) is 3. The quantitative estimate of drug-likeness (QED) is 0.858. The number of piperidine rings is 1. The molecule has 0 spiro atoms. The van der Waals surface area contributed by atoms with Crippen molar-refractivity contribution in [2.45, 2.75) is 39.2 Å². The lowest BCUT2D eigenvalue weighted by Crippen LogP contribution is -2.34. The largest absolute Gasteiger partial charge is 0.339 e. The van der Waals surface area contributed by atoms with Gasteiger partial charge >= 0.3 is 0 Å². The van der Waals surface area contributed by atoms with E-state index >= 15 is 0 Å². The first kappa shape index (κ1) is 12.5. The molecule has 0 amide bonds. The summed E-state index contributed by atoms with van der Waals surface area (Å²) in [4.78, 5) is 6.81. The summed E-state index contributed by atoms with van der Waals surface area (Å²) in [6.45, 7) is 7.62. The van der Waals surface area contributed by atoms with Crippen molar-refractivity contribution >= 4 is 0 Å². The van der Waals surface area contributed by atoms with Gasteiger partial charge in [-0.05, 0) is 45.3 Å². The highest BCUT2D eigenvalue weighted by atomic mass is 16.5. The summed E-state index contributed by atoms with van der Waals surface area (Å²) in [6, 6.07) is -0.144. The lowest BCUT2D eigenvalue weighted by Gasteiger charge is -2.30. The maximum atomic E-state index is 5.70. The smallest absolute Gasteiger partial charge is 0.226 e. The van der Waals surface area contributed by atoms with Gasteiger partial charge in [0.2, 0.25) is 5.89 Å². The van der Waals surface area contributed by atoms with Crippen molar-refractivity contribution in [3.63, 3.8) is 0 Å². The molecule has 1 fully saturated rings. The molecule has 2 heterocycles. The van der Waals surface area contributed by atoms with E-state index in [9.17, 15) is 0 Å². The van der Waals surface area contributed by atoms with Gasteiger partial charge in [0.05, 0.1) is 6.04 Å². The zero-order chi connectivity index (χ0) is 12.3. The highest BCUT2D eigenvalue weighted by Gasteiger charge is 2.21. The molecular formula is C12H22N4O. The Balaban J connectivity index is 1.84. The van der Waals surface area contributed by atoms with Gasteiger partial charge in [0, 0.05) is 6.42 Å². The maximum Gasteiger partial charge on any atom is 0.226 e. The maximum absolute atomic E-state index is 5.70. The molecule has 0 radical (unpaired) electrons. The molecule has 1 aliphatic rings. The Bertz CT molecular complexity index is 342. The lowest BCUT2D eigenvalue weighted by atomic mass is 9.93. The molecule has 1 aromatic heterocycles. The SMILES string of the molecule is CCN1CCC(Cc2nc(C(C)N)no2)CC1. The minimum Gasteiger partial charge on any atom is -0.339 e. The molecule has 1 atom stereocenters. The van der Waals surface area contributed by atoms with Crippen molar-refractivity contribution in [2.75, 3.05) is 19.6 Å². The monoisotopic (exact) mass is 238 g/mol. The van der Waals surface area contributed by atoms with Crippen LogP contribution >= 0.6 is 0 Å². The van der Waals surface area contributed by atoms with Crippen LogP contribution < -0.4 is 5.73 Å². The van der Waals surface area contributed by atoms with E-state index in [4.69, 9.17) is 10.3 Å². The number of aromatic nitrogens is 2. The van der Waals surface area contributed by atoms with Crippen LogP contribution in [0.2, 0.25) is 0 Å². The van der Waals surface area contributed by atoms with Crippen molar-refractivity contribution < 1.29 is 4.52 Å². The van der Waals surface area contributed by atoms with E-state index in [0.717, 1.165) is 18.9 Å². The van der Waals surface area contributed by atoms with Gasteiger partial charge < -0.3 is 15.2 Å². The highest BCUT2D eigenvalue weighted by Crippen LogP contribution is 2.21. The first-order valence-electron chi connectivity index (χ1n) is 6.49. The molecule has 1 saturated heterocycles. The van der Waals surface area contributed by atoms with E-state index in [-0.39, 0.29) is 6.04 Å². The van der Waals surface area contributed by atoms with Crippen molar-refractivity contribution in [3.05, 3.63) is 11.7 Å². The average Bonchev–Trinajstić information content (AvgIpc) is 2.79. The number of rotatable bonds is 4. The summed E-state index contributed by atoms with van der Waals surface area (Å²) in [5.41, 5.74) is 5.70. The second-order valence-electron chi connectivity index (χ2n) is 4.92. The van der Waals surface area contributed by atoms with Crippen LogP contribution in [0, 0.1) is 5.92 Å². The minimum absolute atomic E-state index is 0.144. The summed E-state index contributed by atoms with van der Waals surface area (Å²) in [5, 5.41) is 3.89. The number of hydrogen-bond acceptors (Lipinski definition) is 5. The minimum atomic E-state index is -0.144. The number of hydrogen-bond donors (Lipinski definition) is 1. The van der Waals surface area contributed by atoms with E-state index in [1.54, 1.807) is 0 Å². The Hall–Kier alpha value is -0.940. The summed E-state index contributed by atoms with van der Waals surface area (Å²) in [5.74, 6) is 2.04. The molecule has 5 nitrogen and oxygen atoms in total. The standard InChI is InChI=1S/C12H22N4O/c1-3-16-6-4-10(5-7-16)8-11-14-12(9(2)13)15-17-11/h9-10H,3-8,13H2,1-2H3. The fourth-order valence-electron chi connectivity index (χ4n) is 2.29. The molecule has 1 unspecified atom stereocenters. The van der Waals surface area contributed by atoms with Gasteiger partial charge in [-0.2, -0.15) is 4.98 Å². The van der Waals surface area contributed by atoms with Gasteiger partial charge in [0.25, 0.3) is 0 Å². The molecule has 0 saturated carbocycles. The van der Waals surface area contributed by atoms with Crippen molar-refractivity contribution in [3.8, 4) is 0 Å². The van der Waals surface area contributed by atoms with E-state index < -0.39 is 0 Å². The van der Waals surface area contributed by atoms with Crippen LogP contribution in [0.25, 0.3) is 0 Å². The van der Waals surface area contributed by atoms with Crippen LogP contribution in [0.3, 0.4) is 0 Å². The molecular weight excluding hydrogens is 216 g/mol. The van der Waals surface area contributed by atoms with Gasteiger partial charge in [-0.3, -0.25) is 0 Å². The predicted octanol–water partition coefficient (Wildman–Crippen LogP) is 1.36. The fourth-order valence-corrected chi connectivity index (χ4v) is 2.29. The highest BCUT2D eigenvalue weighted by molar-refractivity contribution is 4.92. The summed E-state index contributed by atoms with van der Waals surface area (Å²) in [6.07, 6.45) is 3.35. The third-order valence-corrected chi connectivity index (χ3v) is 3.51. The van der Waals surface area contributed by atoms with Crippen LogP contribution in [-0.4, -0.2) is 34.7 Å². The fraction of sp³-hybridized carbons (Fsp3) is 0.833. The van der Waals surface area contributed by atoms with Gasteiger partial charge in [0.1, 0.15) is 0 Å². The third kappa shape index (κ3) is 3.26. The molecule has 5 heteroatoms. The molecule has 96 valence electrons. The second kappa shape index (κ2) is 5.60. The summed E-state index contributed by atoms with van der Waals surface area (Å²) in [7, 11) is 0. The number of likely N-dealkylation sites (tertiary alicyclic amines) is 1. The number of nitrogens with two attached hydrogens (primary N) is 1. The zero-order valence-corrected chi connectivity index (χ0v) is 10.7. The van der Waals surface area contributed by atoms with Crippen molar-refractivity contribution in [1.29, 1.82) is 0 Å². The van der Waals surface area contributed by atoms with Crippen LogP contribution in [0.4, 0.5) is 0 Å². The Morgan fingerprint density at radius 3 is 2.71 bits per heavy atom. The predicted molar refractivity (Wildman–Crippen MR) is 65.4 cm³/mol. The lowest BCUT2D eigenvalue weighted by molar-refractivity contribution is 0.185. The van der Waals surface area contributed by atoms with E-state index in [0.29, 0.717) is 11.7 Å². The third-order valence-electron chi connectivity index (χ3n) is 3.51. The van der Waals surface area contributed by atoms with Crippen molar-refractivity contribution in [1.82, 2.24) is 15.0 Å². The van der Waals surface area contributed by atoms with E-state index in [1.165, 1.54) is 25.9 Å². The van der Waals surface area contributed by atoms with Crippen molar-refractivity contribution in [2.24, 2.45) is 11.7 Å². The molecule has 0 bridgehead atoms. The van der Waals surface area contributed by atoms with Crippen LogP contribution in [0.5, 0.6) is 0 Å². The molecule has 1 aliphatic heterocycles. The van der Waals surface area contributed by atoms with Crippen LogP contribution in [-0.2, 0) is 6.42 Å². The normalized spacial score (nSPS) is 20.6. The van der Waals surface area contributed by atoms with Crippen LogP contribution in [0.15, 0.2) is 4.52 Å². The molecule has 2 rings (SSSR count). The van der Waals surface area contributed by atoms with E-state index in [2.05, 4.69) is 22.0 Å². The molecule has 1 aromatic rings. The molecule has 2 N–H and O–H groups in total. The van der Waals surface area contributed by atoms with Gasteiger partial charge in [0.15, 0.2) is 5.82 Å². The Labute approximate surface area is 102 Å². The molecule has 0 aromatic carbocycles. The Morgan fingerprint density at radius 2 is 2.18 bits per heavy atom. The second-order valence-corrected chi connectivity index (χ2v) is 4.92. The van der Waals surface area contributed by atoms with Crippen LogP contribution in [0.1, 0.15) is 44.4 Å². The van der Waals surface area contributed by atoms with E-state index in [1.807, 2.05) is 6.92 Å². The Kier molecular flexibility index (Phi) is 4.12. The summed E-state index contributed by atoms with van der Waals surface area (Å²) >= 11 is 0. The molecule has 17 heavy (non-hydrogen) atoms. The Morgan fingerprint density at radius 1 is 1.47 bits per heavy atom. The topological polar surface area (TPSA) is 68.2 Å². The van der Waals surface area contributed by atoms with Gasteiger partial charge in [-0.15, -0.1) is 0 Å². The molecule has 0 aliphatic carbocycles. The zero-order valence-electron chi connectivity index (χ0n) is 10.7. The van der Waals surface area contributed by atoms with Gasteiger partial charge in [-0.25, -0.2) is 0 Å². The first-order valence-corrected chi connectivity index (χ1v) is 6.49. The first-order chi connectivity index (χ1) is 8.19. The average molecular weight is 238 g/mol. The summed E-state index contributed by atoms with van der Waals surface area (Å²) < 4.78 is 5.23.